The van der Waals surface area contributed by atoms with Crippen LogP contribution in [0.25, 0.3) is 10.9 Å². The van der Waals surface area contributed by atoms with Gasteiger partial charge in [0.25, 0.3) is 0 Å². The molecule has 0 radical (unpaired) electrons. The van der Waals surface area contributed by atoms with E-state index in [1.807, 2.05) is 37.3 Å². The highest BCUT2D eigenvalue weighted by atomic mass is 32.1. The number of ether oxygens (including phenoxy) is 1. The Bertz CT molecular complexity index is 536. The molecule has 0 aliphatic heterocycles. The van der Waals surface area contributed by atoms with Crippen molar-refractivity contribution in [1.82, 2.24) is 4.98 Å². The first-order chi connectivity index (χ1) is 8.22. The van der Waals surface area contributed by atoms with Gasteiger partial charge in [0.15, 0.2) is 0 Å². The molecule has 1 aromatic carbocycles. The third-order valence-corrected chi connectivity index (χ3v) is 2.83. The molecule has 3 nitrogen and oxygen atoms in total. The van der Waals surface area contributed by atoms with E-state index >= 15 is 0 Å². The molecule has 17 heavy (non-hydrogen) atoms. The minimum atomic E-state index is -0.226. The Labute approximate surface area is 106 Å². The fourth-order valence-corrected chi connectivity index (χ4v) is 1.89. The van der Waals surface area contributed by atoms with Crippen LogP contribution in [-0.2, 0) is 0 Å². The molecular formula is C13H14N2OS. The molecular weight excluding hydrogens is 232 g/mol. The lowest BCUT2D eigenvalue weighted by Gasteiger charge is -2.17. The molecule has 2 N–H and O–H groups in total. The van der Waals surface area contributed by atoms with Gasteiger partial charge in [0.05, 0.1) is 5.52 Å². The number of hydrogen-bond acceptors (Lipinski definition) is 3. The lowest BCUT2D eigenvalue weighted by molar-refractivity contribution is 0.267. The average Bonchev–Trinajstić information content (AvgIpc) is 2.35. The molecule has 2 aromatic rings. The number of aromatic nitrogens is 1. The number of rotatable bonds is 4. The summed E-state index contributed by atoms with van der Waals surface area (Å²) in [5.41, 5.74) is 6.54. The van der Waals surface area contributed by atoms with Crippen LogP contribution < -0.4 is 10.5 Å². The van der Waals surface area contributed by atoms with E-state index in [2.05, 4.69) is 4.98 Å². The number of pyridine rings is 1. The van der Waals surface area contributed by atoms with Crippen LogP contribution in [0.5, 0.6) is 5.75 Å². The van der Waals surface area contributed by atoms with Crippen molar-refractivity contribution in [2.75, 3.05) is 0 Å². The normalized spacial score (nSPS) is 12.3. The molecule has 1 atom stereocenters. The van der Waals surface area contributed by atoms with E-state index in [4.69, 9.17) is 22.7 Å². The lowest BCUT2D eigenvalue weighted by atomic mass is 10.2. The minimum Gasteiger partial charge on any atom is -0.483 e. The number of fused-ring (bicyclic) bond motifs is 1. The molecule has 0 amide bonds. The largest absolute Gasteiger partial charge is 0.483 e. The van der Waals surface area contributed by atoms with E-state index in [0.29, 0.717) is 4.99 Å². The molecule has 0 aliphatic carbocycles. The Morgan fingerprint density at radius 2 is 2.24 bits per heavy atom. The van der Waals surface area contributed by atoms with Crippen LogP contribution in [0.15, 0.2) is 36.5 Å². The van der Waals surface area contributed by atoms with Crippen LogP contribution in [0.4, 0.5) is 0 Å². The highest BCUT2D eigenvalue weighted by Crippen LogP contribution is 2.25. The van der Waals surface area contributed by atoms with Crippen LogP contribution in [0.1, 0.15) is 13.3 Å². The molecule has 0 fully saturated rings. The summed E-state index contributed by atoms with van der Waals surface area (Å²) in [6.07, 6.45) is 2.29. The highest BCUT2D eigenvalue weighted by Gasteiger charge is 2.12. The first kappa shape index (κ1) is 11.8. The second-order valence-electron chi connectivity index (χ2n) is 3.74. The van der Waals surface area contributed by atoms with E-state index in [9.17, 15) is 0 Å². The summed E-state index contributed by atoms with van der Waals surface area (Å²) in [5.74, 6) is 0.773. The Hall–Kier alpha value is -1.68. The Morgan fingerprint density at radius 3 is 2.94 bits per heavy atom. The Kier molecular flexibility index (Phi) is 3.54. The Morgan fingerprint density at radius 1 is 1.41 bits per heavy atom. The summed E-state index contributed by atoms with van der Waals surface area (Å²) in [4.78, 5) is 4.66. The second-order valence-corrected chi connectivity index (χ2v) is 4.21. The standard InChI is InChI=1S/C13H14N2OS/c1-2-11(13(14)17)16-12-7-3-6-10-9(12)5-4-8-15-10/h3-8,11H,2H2,1H3,(H2,14,17). The molecule has 0 aliphatic rings. The van der Waals surface area contributed by atoms with Crippen molar-refractivity contribution in [3.63, 3.8) is 0 Å². The number of hydrogen-bond donors (Lipinski definition) is 1. The fraction of sp³-hybridized carbons (Fsp3) is 0.231. The van der Waals surface area contributed by atoms with Gasteiger partial charge in [0.2, 0.25) is 0 Å². The van der Waals surface area contributed by atoms with Crippen molar-refractivity contribution < 1.29 is 4.74 Å². The molecule has 0 saturated carbocycles. The van der Waals surface area contributed by atoms with Gasteiger partial charge in [-0.3, -0.25) is 4.98 Å². The maximum absolute atomic E-state index is 5.83. The van der Waals surface area contributed by atoms with Crippen molar-refractivity contribution in [2.45, 2.75) is 19.4 Å². The van der Waals surface area contributed by atoms with Gasteiger partial charge in [0, 0.05) is 11.6 Å². The average molecular weight is 246 g/mol. The van der Waals surface area contributed by atoms with Crippen molar-refractivity contribution in [3.8, 4) is 5.75 Å². The Balaban J connectivity index is 2.38. The molecule has 1 unspecified atom stereocenters. The van der Waals surface area contributed by atoms with Crippen molar-refractivity contribution >= 4 is 28.1 Å². The summed E-state index contributed by atoms with van der Waals surface area (Å²) in [6, 6.07) is 9.63. The number of benzene rings is 1. The van der Waals surface area contributed by atoms with Gasteiger partial charge < -0.3 is 10.5 Å². The van der Waals surface area contributed by atoms with Gasteiger partial charge in [-0.25, -0.2) is 0 Å². The predicted octanol–water partition coefficient (Wildman–Crippen LogP) is 2.68. The third-order valence-electron chi connectivity index (χ3n) is 2.56. The first-order valence-electron chi connectivity index (χ1n) is 5.52. The van der Waals surface area contributed by atoms with Crippen LogP contribution >= 0.6 is 12.2 Å². The van der Waals surface area contributed by atoms with Crippen molar-refractivity contribution in [1.29, 1.82) is 0 Å². The van der Waals surface area contributed by atoms with Crippen molar-refractivity contribution in [2.24, 2.45) is 5.73 Å². The lowest BCUT2D eigenvalue weighted by Crippen LogP contribution is -2.31. The van der Waals surface area contributed by atoms with E-state index < -0.39 is 0 Å². The molecule has 4 heteroatoms. The predicted molar refractivity (Wildman–Crippen MR) is 73.2 cm³/mol. The molecule has 88 valence electrons. The summed E-state index contributed by atoms with van der Waals surface area (Å²) in [7, 11) is 0. The van der Waals surface area contributed by atoms with Gasteiger partial charge in [0.1, 0.15) is 16.8 Å². The summed E-state index contributed by atoms with van der Waals surface area (Å²) < 4.78 is 5.83. The van der Waals surface area contributed by atoms with Crippen LogP contribution in [-0.4, -0.2) is 16.1 Å². The number of nitrogens with two attached hydrogens (primary N) is 1. The maximum Gasteiger partial charge on any atom is 0.148 e. The topological polar surface area (TPSA) is 48.1 Å². The zero-order chi connectivity index (χ0) is 12.3. The molecule has 1 heterocycles. The van der Waals surface area contributed by atoms with Crippen LogP contribution in [0.2, 0.25) is 0 Å². The smallest absolute Gasteiger partial charge is 0.148 e. The quantitative estimate of drug-likeness (QED) is 0.843. The van der Waals surface area contributed by atoms with Gasteiger partial charge in [-0.05, 0) is 30.7 Å². The summed E-state index contributed by atoms with van der Waals surface area (Å²) >= 11 is 4.98. The maximum atomic E-state index is 5.83. The van der Waals surface area contributed by atoms with Gasteiger partial charge in [-0.15, -0.1) is 0 Å². The molecule has 0 spiro atoms. The van der Waals surface area contributed by atoms with E-state index in [0.717, 1.165) is 23.1 Å². The van der Waals surface area contributed by atoms with Crippen LogP contribution in [0, 0.1) is 0 Å². The summed E-state index contributed by atoms with van der Waals surface area (Å²) in [5, 5.41) is 0.977. The molecule has 0 saturated heterocycles. The second kappa shape index (κ2) is 5.10. The van der Waals surface area contributed by atoms with Crippen LogP contribution in [0.3, 0.4) is 0 Å². The number of thiocarbonyl (C=S) groups is 1. The van der Waals surface area contributed by atoms with E-state index in [1.165, 1.54) is 0 Å². The molecule has 2 rings (SSSR count). The zero-order valence-corrected chi connectivity index (χ0v) is 10.4. The molecule has 0 bridgehead atoms. The minimum absolute atomic E-state index is 0.226. The first-order valence-corrected chi connectivity index (χ1v) is 5.93. The third kappa shape index (κ3) is 2.53. The fourth-order valence-electron chi connectivity index (χ4n) is 1.67. The van der Waals surface area contributed by atoms with Gasteiger partial charge >= 0.3 is 0 Å². The van der Waals surface area contributed by atoms with Gasteiger partial charge in [-0.1, -0.05) is 25.2 Å². The van der Waals surface area contributed by atoms with Gasteiger partial charge in [-0.2, -0.15) is 0 Å². The highest BCUT2D eigenvalue weighted by molar-refractivity contribution is 7.80. The van der Waals surface area contributed by atoms with E-state index in [-0.39, 0.29) is 6.10 Å². The number of nitrogens with zero attached hydrogens (tertiary/aromatic N) is 1. The zero-order valence-electron chi connectivity index (χ0n) is 9.59. The van der Waals surface area contributed by atoms with Crippen molar-refractivity contribution in [3.05, 3.63) is 36.5 Å². The van der Waals surface area contributed by atoms with E-state index in [1.54, 1.807) is 6.20 Å². The summed E-state index contributed by atoms with van der Waals surface area (Å²) in [6.45, 7) is 1.99. The SMILES string of the molecule is CCC(Oc1cccc2ncccc12)C(N)=S. The monoisotopic (exact) mass is 246 g/mol. The molecule has 1 aromatic heterocycles.